The number of ether oxygens (including phenoxy) is 1. The first kappa shape index (κ1) is 19.3. The number of halogens is 2. The van der Waals surface area contributed by atoms with E-state index >= 15 is 0 Å². The zero-order valence-corrected chi connectivity index (χ0v) is 15.7. The van der Waals surface area contributed by atoms with E-state index in [1.54, 1.807) is 12.3 Å². The lowest BCUT2D eigenvalue weighted by molar-refractivity contribution is -0.0498. The van der Waals surface area contributed by atoms with Gasteiger partial charge in [0.25, 0.3) is 0 Å². The van der Waals surface area contributed by atoms with Crippen molar-refractivity contribution in [3.05, 3.63) is 85.1 Å². The maximum Gasteiger partial charge on any atom is 0.387 e. The van der Waals surface area contributed by atoms with Crippen molar-refractivity contribution < 1.29 is 18.3 Å². The molecule has 4 rings (SSSR count). The number of rotatable bonds is 5. The number of hydrogen-bond donors (Lipinski definition) is 2. The molecule has 0 radical (unpaired) electrons. The van der Waals surface area contributed by atoms with Crippen molar-refractivity contribution in [1.82, 2.24) is 4.98 Å². The third-order valence-electron chi connectivity index (χ3n) is 4.38. The molecule has 0 fully saturated rings. The summed E-state index contributed by atoms with van der Waals surface area (Å²) in [4.78, 5) is 16.8. The van der Waals surface area contributed by atoms with Gasteiger partial charge in [0.15, 0.2) is 0 Å². The normalized spacial score (nSPS) is 10.8. The molecule has 0 saturated heterocycles. The number of fused-ring (bicyclic) bond motifs is 1. The van der Waals surface area contributed by atoms with Crippen molar-refractivity contribution >= 4 is 28.3 Å². The second kappa shape index (κ2) is 8.57. The highest BCUT2D eigenvalue weighted by Crippen LogP contribution is 2.25. The van der Waals surface area contributed by atoms with Gasteiger partial charge in [-0.3, -0.25) is 4.98 Å². The van der Waals surface area contributed by atoms with Crippen molar-refractivity contribution in [3.8, 4) is 16.9 Å². The molecular weight excluding hydrogens is 388 g/mol. The van der Waals surface area contributed by atoms with E-state index in [1.165, 1.54) is 24.3 Å². The number of alkyl halides is 2. The second-order valence-corrected chi connectivity index (χ2v) is 6.48. The van der Waals surface area contributed by atoms with Crippen LogP contribution in [-0.2, 0) is 0 Å². The van der Waals surface area contributed by atoms with Gasteiger partial charge in [-0.1, -0.05) is 30.3 Å². The number of pyridine rings is 1. The zero-order valence-electron chi connectivity index (χ0n) is 15.7. The van der Waals surface area contributed by atoms with E-state index < -0.39 is 12.6 Å². The van der Waals surface area contributed by atoms with E-state index in [-0.39, 0.29) is 5.75 Å². The Morgan fingerprint density at radius 1 is 0.833 bits per heavy atom. The maximum absolute atomic E-state index is 12.3. The fourth-order valence-electron chi connectivity index (χ4n) is 3.02. The minimum atomic E-state index is -2.89. The van der Waals surface area contributed by atoms with E-state index in [2.05, 4.69) is 20.4 Å². The molecular formula is C23H17F2N3O2. The summed E-state index contributed by atoms with van der Waals surface area (Å²) >= 11 is 0. The van der Waals surface area contributed by atoms with Crippen LogP contribution in [0.2, 0.25) is 0 Å². The molecule has 150 valence electrons. The number of aromatic nitrogens is 1. The van der Waals surface area contributed by atoms with Crippen LogP contribution in [0.25, 0.3) is 22.0 Å². The van der Waals surface area contributed by atoms with Crippen LogP contribution < -0.4 is 15.4 Å². The molecule has 5 nitrogen and oxygen atoms in total. The number of nitrogens with one attached hydrogen (secondary N) is 2. The van der Waals surface area contributed by atoms with Crippen molar-refractivity contribution in [3.63, 3.8) is 0 Å². The van der Waals surface area contributed by atoms with Crippen LogP contribution in [0.4, 0.5) is 25.0 Å². The molecule has 0 aliphatic heterocycles. The van der Waals surface area contributed by atoms with Gasteiger partial charge >= 0.3 is 12.6 Å². The topological polar surface area (TPSA) is 63.2 Å². The predicted octanol–water partition coefficient (Wildman–Crippen LogP) is 6.15. The van der Waals surface area contributed by atoms with Crippen LogP contribution in [0.5, 0.6) is 5.75 Å². The number of urea groups is 1. The standard InChI is InChI=1S/C23H17F2N3O2/c24-22(25)30-20-10-8-18(9-11-20)27-23(29)28-19-6-3-5-15(13-19)17-12-16-4-1-2-7-21(16)26-14-17/h1-14,22H,(H2,27,28,29). The van der Waals surface area contributed by atoms with E-state index in [0.29, 0.717) is 11.4 Å². The average Bonchev–Trinajstić information content (AvgIpc) is 2.74. The Morgan fingerprint density at radius 2 is 1.60 bits per heavy atom. The molecule has 2 amide bonds. The number of carbonyl (C=O) groups is 1. The Hall–Kier alpha value is -4.00. The summed E-state index contributed by atoms with van der Waals surface area (Å²) in [7, 11) is 0. The minimum Gasteiger partial charge on any atom is -0.435 e. The van der Waals surface area contributed by atoms with Crippen LogP contribution in [0.15, 0.2) is 85.1 Å². The van der Waals surface area contributed by atoms with Crippen molar-refractivity contribution in [2.75, 3.05) is 10.6 Å². The Balaban J connectivity index is 1.45. The number of hydrogen-bond acceptors (Lipinski definition) is 3. The van der Waals surface area contributed by atoms with Crippen molar-refractivity contribution in [1.29, 1.82) is 0 Å². The van der Waals surface area contributed by atoms with Gasteiger partial charge < -0.3 is 15.4 Å². The first-order chi connectivity index (χ1) is 14.6. The van der Waals surface area contributed by atoms with Crippen LogP contribution in [0, 0.1) is 0 Å². The lowest BCUT2D eigenvalue weighted by atomic mass is 10.0. The molecule has 0 aliphatic carbocycles. The van der Waals surface area contributed by atoms with Crippen LogP contribution >= 0.6 is 0 Å². The summed E-state index contributed by atoms with van der Waals surface area (Å²) in [6.45, 7) is -2.89. The smallest absolute Gasteiger partial charge is 0.387 e. The number of carbonyl (C=O) groups excluding carboxylic acids is 1. The lowest BCUT2D eigenvalue weighted by Crippen LogP contribution is -2.19. The van der Waals surface area contributed by atoms with Gasteiger partial charge in [0.1, 0.15) is 5.75 Å². The van der Waals surface area contributed by atoms with Crippen molar-refractivity contribution in [2.45, 2.75) is 6.61 Å². The molecule has 0 atom stereocenters. The number of anilines is 2. The van der Waals surface area contributed by atoms with E-state index in [9.17, 15) is 13.6 Å². The fraction of sp³-hybridized carbons (Fsp3) is 0.0435. The number of amides is 2. The fourth-order valence-corrected chi connectivity index (χ4v) is 3.02. The van der Waals surface area contributed by atoms with Crippen molar-refractivity contribution in [2.24, 2.45) is 0 Å². The summed E-state index contributed by atoms with van der Waals surface area (Å²) in [6, 6.07) is 22.5. The Morgan fingerprint density at radius 3 is 2.40 bits per heavy atom. The van der Waals surface area contributed by atoms with Gasteiger partial charge in [-0.2, -0.15) is 8.78 Å². The Labute approximate surface area is 171 Å². The van der Waals surface area contributed by atoms with Gasteiger partial charge in [-0.05, 0) is 54.1 Å². The minimum absolute atomic E-state index is 0.0210. The van der Waals surface area contributed by atoms with E-state index in [4.69, 9.17) is 0 Å². The molecule has 30 heavy (non-hydrogen) atoms. The van der Waals surface area contributed by atoms with Crippen LogP contribution in [0.3, 0.4) is 0 Å². The summed E-state index contributed by atoms with van der Waals surface area (Å²) in [6.07, 6.45) is 1.80. The molecule has 0 saturated carbocycles. The molecule has 1 heterocycles. The SMILES string of the molecule is O=C(Nc1ccc(OC(F)F)cc1)Nc1cccc(-c2cnc3ccccc3c2)c1. The maximum atomic E-state index is 12.3. The molecule has 4 aromatic rings. The Kier molecular flexibility index (Phi) is 5.52. The molecule has 0 unspecified atom stereocenters. The van der Waals surface area contributed by atoms with Crippen LogP contribution in [-0.4, -0.2) is 17.6 Å². The molecule has 3 aromatic carbocycles. The predicted molar refractivity (Wildman–Crippen MR) is 113 cm³/mol. The number of benzene rings is 3. The first-order valence-electron chi connectivity index (χ1n) is 9.15. The third-order valence-corrected chi connectivity index (χ3v) is 4.38. The summed E-state index contributed by atoms with van der Waals surface area (Å²) in [5, 5.41) is 6.44. The summed E-state index contributed by atoms with van der Waals surface area (Å²) in [5.74, 6) is 0.0210. The molecule has 0 spiro atoms. The summed E-state index contributed by atoms with van der Waals surface area (Å²) in [5.41, 5.74) is 3.83. The second-order valence-electron chi connectivity index (χ2n) is 6.48. The van der Waals surface area contributed by atoms with E-state index in [1.807, 2.05) is 48.5 Å². The molecule has 0 aliphatic rings. The van der Waals surface area contributed by atoms with Gasteiger partial charge in [0.2, 0.25) is 0 Å². The average molecular weight is 405 g/mol. The number of nitrogens with zero attached hydrogens (tertiary/aromatic N) is 1. The van der Waals surface area contributed by atoms with Crippen LogP contribution in [0.1, 0.15) is 0 Å². The molecule has 2 N–H and O–H groups in total. The summed E-state index contributed by atoms with van der Waals surface area (Å²) < 4.78 is 28.7. The zero-order chi connectivity index (χ0) is 20.9. The monoisotopic (exact) mass is 405 g/mol. The van der Waals surface area contributed by atoms with Gasteiger partial charge in [-0.15, -0.1) is 0 Å². The lowest BCUT2D eigenvalue weighted by Gasteiger charge is -2.10. The largest absolute Gasteiger partial charge is 0.435 e. The molecule has 0 bridgehead atoms. The van der Waals surface area contributed by atoms with Gasteiger partial charge in [0.05, 0.1) is 5.52 Å². The van der Waals surface area contributed by atoms with Gasteiger partial charge in [0, 0.05) is 28.5 Å². The quantitative estimate of drug-likeness (QED) is 0.419. The highest BCUT2D eigenvalue weighted by atomic mass is 19.3. The Bertz CT molecular complexity index is 1180. The third kappa shape index (κ3) is 4.70. The number of para-hydroxylation sites is 1. The highest BCUT2D eigenvalue weighted by Gasteiger charge is 2.07. The van der Waals surface area contributed by atoms with Gasteiger partial charge in [-0.25, -0.2) is 4.79 Å². The molecule has 1 aromatic heterocycles. The molecule has 7 heteroatoms. The first-order valence-corrected chi connectivity index (χ1v) is 9.15. The van der Waals surface area contributed by atoms with E-state index in [0.717, 1.165) is 22.0 Å². The highest BCUT2D eigenvalue weighted by molar-refractivity contribution is 6.00.